The molecule has 0 aromatic carbocycles. The van der Waals surface area contributed by atoms with E-state index in [9.17, 15) is 14.4 Å². The van der Waals surface area contributed by atoms with Gasteiger partial charge in [0.2, 0.25) is 17.7 Å². The fourth-order valence-electron chi connectivity index (χ4n) is 9.55. The maximum atomic E-state index is 12.2. The van der Waals surface area contributed by atoms with Gasteiger partial charge in [0.05, 0.1) is 18.2 Å². The molecule has 3 saturated heterocycles. The molecule has 3 heterocycles. The van der Waals surface area contributed by atoms with Crippen LogP contribution in [0.1, 0.15) is 173 Å². The Hall–Kier alpha value is -3.28. The molecule has 0 aromatic heterocycles. The largest absolute Gasteiger partial charge is 0.340 e. The maximum Gasteiger partial charge on any atom is 0.223 e. The number of nitrogens with two attached hydrogens (primary N) is 1. The lowest BCUT2D eigenvalue weighted by atomic mass is 9.86. The summed E-state index contributed by atoms with van der Waals surface area (Å²) in [7, 11) is 0. The Balaban J connectivity index is 0.000000323. The fraction of sp³-hybridized carbons (Fsp3) is 0.889. The summed E-state index contributed by atoms with van der Waals surface area (Å²) in [4.78, 5) is 50.0. The molecule has 0 bridgehead atoms. The van der Waals surface area contributed by atoms with E-state index in [1.165, 1.54) is 0 Å². The normalized spacial score (nSPS) is 23.6. The van der Waals surface area contributed by atoms with E-state index in [-0.39, 0.29) is 34.0 Å². The van der Waals surface area contributed by atoms with Gasteiger partial charge in [0, 0.05) is 128 Å². The van der Waals surface area contributed by atoms with Crippen LogP contribution in [0.2, 0.25) is 0 Å². The molecule has 382 valence electrons. The highest BCUT2D eigenvalue weighted by molar-refractivity contribution is 5.77. The Kier molecular flexibility index (Phi) is 25.9. The summed E-state index contributed by atoms with van der Waals surface area (Å²) >= 11 is 0. The molecule has 67 heavy (non-hydrogen) atoms. The molecule has 2 saturated carbocycles. The number of rotatable bonds is 9. The van der Waals surface area contributed by atoms with Gasteiger partial charge in [-0.3, -0.25) is 29.1 Å². The second-order valence-electron chi connectivity index (χ2n) is 24.9. The Morgan fingerprint density at radius 3 is 1.03 bits per heavy atom. The van der Waals surface area contributed by atoms with Crippen LogP contribution in [0.4, 0.5) is 0 Å². The van der Waals surface area contributed by atoms with Crippen LogP contribution in [0.25, 0.3) is 0 Å². The maximum absolute atomic E-state index is 12.2. The van der Waals surface area contributed by atoms with Crippen LogP contribution >= 0.6 is 0 Å². The van der Waals surface area contributed by atoms with Gasteiger partial charge in [-0.05, 0) is 99.0 Å². The lowest BCUT2D eigenvalue weighted by Crippen LogP contribution is -2.53. The first-order chi connectivity index (χ1) is 31.3. The molecule has 2 aliphatic carbocycles. The number of hydrogen-bond donors (Lipinski definition) is 1. The Morgan fingerprint density at radius 2 is 0.791 bits per heavy atom. The number of carbonyl (C=O) groups is 3. The van der Waals surface area contributed by atoms with Crippen LogP contribution in [0, 0.1) is 67.5 Å². The van der Waals surface area contributed by atoms with Crippen molar-refractivity contribution in [2.45, 2.75) is 185 Å². The third kappa shape index (κ3) is 25.8. The predicted molar refractivity (Wildman–Crippen MR) is 272 cm³/mol. The highest BCUT2D eigenvalue weighted by atomic mass is 16.2. The van der Waals surface area contributed by atoms with Gasteiger partial charge in [-0.2, -0.15) is 15.8 Å². The van der Waals surface area contributed by atoms with Crippen molar-refractivity contribution in [2.75, 3.05) is 91.6 Å². The van der Waals surface area contributed by atoms with E-state index in [1.54, 1.807) is 0 Å². The molecular weight excluding hydrogens is 837 g/mol. The van der Waals surface area contributed by atoms with Crippen molar-refractivity contribution < 1.29 is 14.4 Å². The number of carbonyl (C=O) groups excluding carboxylic acids is 3. The third-order valence-electron chi connectivity index (χ3n) is 13.6. The summed E-state index contributed by atoms with van der Waals surface area (Å²) in [5.41, 5.74) is 5.96. The SMILES string of the molecule is CC(C)(C)CC(=O)N1CCN(C2CCC(C#N)CC2)CC1.CC(C)(C)CC(=O)N1CCN(C2CCC(C#N)CC2)CC1.CC(C)(C)CC(=O)N1CCN(CCCC#N)CC1.CC(C)(C)CCN. The van der Waals surface area contributed by atoms with E-state index in [0.29, 0.717) is 55.0 Å². The molecule has 0 atom stereocenters. The minimum Gasteiger partial charge on any atom is -0.340 e. The average Bonchev–Trinajstić information content (AvgIpc) is 3.25. The standard InChI is InChI=1S/2C17H29N3O.C14H25N3O.C6H15N/c2*1-17(2,3)12-16(21)20-10-8-19(9-11-20)15-6-4-14(13-18)5-7-15;1-14(2,3)12-13(18)17-10-8-16(9-11-17)7-5-4-6-15;1-6(2,3)4-5-7/h2*14-15H,4-12H2,1-3H3;4-5,7-12H2,1-3H3;4-5,7H2,1-3H3. The van der Waals surface area contributed by atoms with Crippen molar-refractivity contribution in [3.63, 3.8) is 0 Å². The Bertz CT molecular complexity index is 1490. The van der Waals surface area contributed by atoms with Crippen molar-refractivity contribution in [3.05, 3.63) is 0 Å². The average molecular weight is 935 g/mol. The lowest BCUT2D eigenvalue weighted by molar-refractivity contribution is -0.136. The molecule has 5 rings (SSSR count). The molecule has 0 spiro atoms. The molecule has 0 aromatic rings. The van der Waals surface area contributed by atoms with Crippen molar-refractivity contribution >= 4 is 17.7 Å². The number of unbranched alkanes of at least 4 members (excludes halogenated alkanes) is 1. The van der Waals surface area contributed by atoms with Crippen LogP contribution in [-0.2, 0) is 14.4 Å². The van der Waals surface area contributed by atoms with Crippen LogP contribution in [0.15, 0.2) is 0 Å². The van der Waals surface area contributed by atoms with E-state index >= 15 is 0 Å². The van der Waals surface area contributed by atoms with Gasteiger partial charge >= 0.3 is 0 Å². The van der Waals surface area contributed by atoms with Gasteiger partial charge in [0.25, 0.3) is 0 Å². The van der Waals surface area contributed by atoms with Crippen molar-refractivity contribution in [2.24, 2.45) is 39.2 Å². The fourth-order valence-corrected chi connectivity index (χ4v) is 9.55. The molecule has 3 amide bonds. The summed E-state index contributed by atoms with van der Waals surface area (Å²) in [5.74, 6) is 1.43. The highest BCUT2D eigenvalue weighted by Gasteiger charge is 2.32. The molecule has 5 fully saturated rings. The second kappa shape index (κ2) is 29.0. The van der Waals surface area contributed by atoms with Crippen LogP contribution in [0.5, 0.6) is 0 Å². The predicted octanol–water partition coefficient (Wildman–Crippen LogP) is 8.55. The minimum atomic E-state index is 0.0704. The van der Waals surface area contributed by atoms with Gasteiger partial charge in [0.15, 0.2) is 0 Å². The van der Waals surface area contributed by atoms with E-state index in [4.69, 9.17) is 21.5 Å². The molecule has 13 nitrogen and oxygen atoms in total. The molecule has 3 aliphatic heterocycles. The summed E-state index contributed by atoms with van der Waals surface area (Å²) in [5, 5.41) is 26.4. The van der Waals surface area contributed by atoms with Gasteiger partial charge in [-0.15, -0.1) is 0 Å². The van der Waals surface area contributed by atoms with Crippen molar-refractivity contribution in [3.8, 4) is 18.2 Å². The van der Waals surface area contributed by atoms with Gasteiger partial charge in [-0.25, -0.2) is 0 Å². The summed E-state index contributed by atoms with van der Waals surface area (Å²) in [6, 6.07) is 8.24. The molecular formula is C54H98N10O3. The quantitative estimate of drug-likeness (QED) is 0.221. The van der Waals surface area contributed by atoms with E-state index in [0.717, 1.165) is 156 Å². The summed E-state index contributed by atoms with van der Waals surface area (Å²) in [6.45, 7) is 38.4. The van der Waals surface area contributed by atoms with Gasteiger partial charge < -0.3 is 20.4 Å². The minimum absolute atomic E-state index is 0.0704. The number of nitrogens with zero attached hydrogens (tertiary/aromatic N) is 9. The van der Waals surface area contributed by atoms with Crippen LogP contribution in [-0.4, -0.2) is 151 Å². The molecule has 13 heteroatoms. The molecule has 0 radical (unpaired) electrons. The first-order valence-corrected chi connectivity index (χ1v) is 26.2. The third-order valence-corrected chi connectivity index (χ3v) is 13.6. The van der Waals surface area contributed by atoms with E-state index < -0.39 is 0 Å². The first kappa shape index (κ1) is 59.8. The number of piperazine rings is 3. The zero-order chi connectivity index (χ0) is 50.4. The van der Waals surface area contributed by atoms with Crippen molar-refractivity contribution in [1.29, 1.82) is 15.8 Å². The van der Waals surface area contributed by atoms with Gasteiger partial charge in [-0.1, -0.05) is 83.1 Å². The van der Waals surface area contributed by atoms with Crippen LogP contribution < -0.4 is 5.73 Å². The topological polar surface area (TPSA) is 168 Å². The van der Waals surface area contributed by atoms with Gasteiger partial charge in [0.1, 0.15) is 0 Å². The highest BCUT2D eigenvalue weighted by Crippen LogP contribution is 2.30. The molecule has 2 N–H and O–H groups in total. The zero-order valence-electron chi connectivity index (χ0n) is 44.9. The lowest BCUT2D eigenvalue weighted by Gasteiger charge is -2.41. The summed E-state index contributed by atoms with van der Waals surface area (Å²) in [6.07, 6.45) is 13.4. The Morgan fingerprint density at radius 1 is 0.478 bits per heavy atom. The van der Waals surface area contributed by atoms with Crippen LogP contribution in [0.3, 0.4) is 0 Å². The van der Waals surface area contributed by atoms with Crippen molar-refractivity contribution in [1.82, 2.24) is 29.4 Å². The number of hydrogen-bond acceptors (Lipinski definition) is 10. The summed E-state index contributed by atoms with van der Waals surface area (Å²) < 4.78 is 0. The molecule has 5 aliphatic rings. The second-order valence-corrected chi connectivity index (χ2v) is 24.9. The Labute approximate surface area is 410 Å². The van der Waals surface area contributed by atoms with E-state index in [2.05, 4.69) is 116 Å². The smallest absolute Gasteiger partial charge is 0.223 e. The first-order valence-electron chi connectivity index (χ1n) is 26.2. The molecule has 0 unspecified atom stereocenters. The monoisotopic (exact) mass is 935 g/mol. The zero-order valence-corrected chi connectivity index (χ0v) is 44.9. The van der Waals surface area contributed by atoms with E-state index in [1.807, 2.05) is 14.7 Å². The number of amides is 3. The number of nitriles is 3.